The number of ether oxygens (including phenoxy) is 3. The number of hydrogen-bond acceptors (Lipinski definition) is 6. The maximum atomic E-state index is 12.9. The van der Waals surface area contributed by atoms with Gasteiger partial charge in [0, 0.05) is 19.3 Å². The zero-order chi connectivity index (χ0) is 56.4. The molecule has 0 saturated heterocycles. The average Bonchev–Trinajstić information content (AvgIpc) is 3.44. The topological polar surface area (TPSA) is 78.9 Å². The molecule has 0 aromatic heterocycles. The molecule has 0 aliphatic rings. The van der Waals surface area contributed by atoms with Crippen LogP contribution in [0.1, 0.15) is 323 Å². The second-order valence-electron chi connectivity index (χ2n) is 22.0. The molecule has 0 bridgehead atoms. The minimum Gasteiger partial charge on any atom is -0.462 e. The molecule has 0 radical (unpaired) electrons. The molecule has 0 spiro atoms. The Labute approximate surface area is 483 Å². The van der Waals surface area contributed by atoms with Gasteiger partial charge < -0.3 is 14.2 Å². The van der Waals surface area contributed by atoms with Gasteiger partial charge in [-0.2, -0.15) is 0 Å². The van der Waals surface area contributed by atoms with Gasteiger partial charge in [0.15, 0.2) is 6.10 Å². The zero-order valence-corrected chi connectivity index (χ0v) is 51.4. The van der Waals surface area contributed by atoms with Crippen molar-refractivity contribution in [3.05, 3.63) is 97.2 Å². The molecule has 0 rings (SSSR count). The molecule has 0 fully saturated rings. The van der Waals surface area contributed by atoms with Crippen molar-refractivity contribution in [2.75, 3.05) is 13.2 Å². The van der Waals surface area contributed by atoms with Crippen molar-refractivity contribution in [3.8, 4) is 0 Å². The second kappa shape index (κ2) is 65.8. The number of carbonyl (C=O) groups excluding carboxylic acids is 3. The summed E-state index contributed by atoms with van der Waals surface area (Å²) in [5, 5.41) is 0. The Kier molecular flexibility index (Phi) is 62.7. The molecule has 6 heteroatoms. The van der Waals surface area contributed by atoms with E-state index in [1.807, 2.05) is 0 Å². The minimum absolute atomic E-state index is 0.0965. The van der Waals surface area contributed by atoms with Crippen molar-refractivity contribution in [2.45, 2.75) is 329 Å². The summed E-state index contributed by atoms with van der Waals surface area (Å²) in [6.07, 6.45) is 88.6. The van der Waals surface area contributed by atoms with Gasteiger partial charge in [-0.3, -0.25) is 14.4 Å². The van der Waals surface area contributed by atoms with Crippen molar-refractivity contribution in [1.29, 1.82) is 0 Å². The normalized spacial score (nSPS) is 12.7. The van der Waals surface area contributed by atoms with Crippen molar-refractivity contribution < 1.29 is 28.6 Å². The van der Waals surface area contributed by atoms with Crippen molar-refractivity contribution in [2.24, 2.45) is 0 Å². The van der Waals surface area contributed by atoms with Gasteiger partial charge in [0.25, 0.3) is 0 Å². The fourth-order valence-electron chi connectivity index (χ4n) is 9.32. The van der Waals surface area contributed by atoms with Gasteiger partial charge in [-0.25, -0.2) is 0 Å². The van der Waals surface area contributed by atoms with Crippen molar-refractivity contribution >= 4 is 17.9 Å². The first kappa shape index (κ1) is 74.3. The van der Waals surface area contributed by atoms with Crippen LogP contribution >= 0.6 is 0 Å². The van der Waals surface area contributed by atoms with E-state index >= 15 is 0 Å². The third-order valence-corrected chi connectivity index (χ3v) is 14.3. The average molecular weight is 1090 g/mol. The smallest absolute Gasteiger partial charge is 0.306 e. The number of carbonyl (C=O) groups is 3. The number of esters is 3. The molecule has 0 aliphatic heterocycles. The third kappa shape index (κ3) is 63.2. The predicted octanol–water partition coefficient (Wildman–Crippen LogP) is 22.8. The molecular formula is C72H124O6. The van der Waals surface area contributed by atoms with Crippen LogP contribution in [0.5, 0.6) is 0 Å². The van der Waals surface area contributed by atoms with E-state index in [0.29, 0.717) is 19.3 Å². The number of rotatable bonds is 60. The van der Waals surface area contributed by atoms with Crippen LogP contribution in [0.25, 0.3) is 0 Å². The first-order valence-corrected chi connectivity index (χ1v) is 33.2. The molecule has 448 valence electrons. The summed E-state index contributed by atoms with van der Waals surface area (Å²) in [6, 6.07) is 0. The molecule has 1 unspecified atom stereocenters. The van der Waals surface area contributed by atoms with Gasteiger partial charge in [-0.1, -0.05) is 279 Å². The van der Waals surface area contributed by atoms with E-state index in [-0.39, 0.29) is 37.5 Å². The largest absolute Gasteiger partial charge is 0.462 e. The lowest BCUT2D eigenvalue weighted by atomic mass is 10.0. The maximum Gasteiger partial charge on any atom is 0.306 e. The van der Waals surface area contributed by atoms with Gasteiger partial charge in [-0.15, -0.1) is 0 Å². The molecule has 0 aromatic rings. The monoisotopic (exact) mass is 1080 g/mol. The van der Waals surface area contributed by atoms with E-state index in [0.717, 1.165) is 103 Å². The van der Waals surface area contributed by atoms with E-state index in [2.05, 4.69) is 118 Å². The lowest BCUT2D eigenvalue weighted by molar-refractivity contribution is -0.167. The molecule has 78 heavy (non-hydrogen) atoms. The van der Waals surface area contributed by atoms with E-state index in [1.54, 1.807) is 0 Å². The lowest BCUT2D eigenvalue weighted by Gasteiger charge is -2.18. The molecule has 0 aromatic carbocycles. The molecule has 1 atom stereocenters. The predicted molar refractivity (Wildman–Crippen MR) is 339 cm³/mol. The highest BCUT2D eigenvalue weighted by atomic mass is 16.6. The lowest BCUT2D eigenvalue weighted by Crippen LogP contribution is -2.30. The molecule has 0 aliphatic carbocycles. The standard InChI is InChI=1S/C72H124O6/c1-4-7-10-13-16-19-22-25-27-29-31-33-34-35-36-37-38-40-41-43-45-47-50-53-56-59-62-65-71(74)77-68-69(67-76-70(73)64-61-58-55-52-49-24-21-18-15-12-9-6-3)78-72(75)66-63-60-57-54-51-48-46-44-42-39-32-30-28-26-23-20-17-14-11-8-5-2/h8,11,17-18,20-21,26,28-29,31-32,39,44,46,51,54,69H,4-7,9-10,12-16,19,22-25,27,30,33-38,40-43,45,47-50,52-53,55-68H2,1-3H3/b11-8-,20-17-,21-18-,28-26-,31-29-,39-32-,46-44-,54-51-. The number of hydrogen-bond donors (Lipinski definition) is 0. The van der Waals surface area contributed by atoms with E-state index in [4.69, 9.17) is 14.2 Å². The molecule has 0 heterocycles. The highest BCUT2D eigenvalue weighted by molar-refractivity contribution is 5.71. The van der Waals surface area contributed by atoms with Gasteiger partial charge in [-0.05, 0) is 122 Å². The van der Waals surface area contributed by atoms with Gasteiger partial charge in [0.1, 0.15) is 13.2 Å². The number of unbranched alkanes of at least 4 members (excludes halogenated alkanes) is 33. The van der Waals surface area contributed by atoms with Crippen molar-refractivity contribution in [3.63, 3.8) is 0 Å². The Morgan fingerprint density at radius 3 is 0.846 bits per heavy atom. The summed E-state index contributed by atoms with van der Waals surface area (Å²) in [6.45, 7) is 6.49. The third-order valence-electron chi connectivity index (χ3n) is 14.3. The fraction of sp³-hybridized carbons (Fsp3) is 0.736. The van der Waals surface area contributed by atoms with Gasteiger partial charge >= 0.3 is 17.9 Å². The van der Waals surface area contributed by atoms with E-state index < -0.39 is 6.10 Å². The quantitative estimate of drug-likeness (QED) is 0.0261. The molecule has 0 saturated carbocycles. The summed E-state index contributed by atoms with van der Waals surface area (Å²) in [4.78, 5) is 38.3. The van der Waals surface area contributed by atoms with Crippen LogP contribution in [0, 0.1) is 0 Å². The molecule has 0 N–H and O–H groups in total. The molecule has 6 nitrogen and oxygen atoms in total. The van der Waals surface area contributed by atoms with Crippen LogP contribution in [0.2, 0.25) is 0 Å². The highest BCUT2D eigenvalue weighted by Gasteiger charge is 2.19. The summed E-state index contributed by atoms with van der Waals surface area (Å²) in [7, 11) is 0. The Bertz CT molecular complexity index is 1530. The Morgan fingerprint density at radius 1 is 0.269 bits per heavy atom. The summed E-state index contributed by atoms with van der Waals surface area (Å²) in [5.74, 6) is -0.940. The summed E-state index contributed by atoms with van der Waals surface area (Å²) in [5.41, 5.74) is 0. The van der Waals surface area contributed by atoms with Crippen LogP contribution in [-0.4, -0.2) is 37.2 Å². The summed E-state index contributed by atoms with van der Waals surface area (Å²) < 4.78 is 16.9. The van der Waals surface area contributed by atoms with E-state index in [1.165, 1.54) is 173 Å². The van der Waals surface area contributed by atoms with E-state index in [9.17, 15) is 14.4 Å². The minimum atomic E-state index is -0.805. The number of allylic oxidation sites excluding steroid dienone is 16. The SMILES string of the molecule is CC/C=C\C/C=C\C/C=C\C/C=C\C/C=C\C/C=C\CCCCC(=O)OC(COC(=O)CCCCCCC/C=C\CCCCC)COC(=O)CCCCCCCCCCCCCCCCC/C=C\CCCCCCCCCC. The zero-order valence-electron chi connectivity index (χ0n) is 51.4. The van der Waals surface area contributed by atoms with Gasteiger partial charge in [0.05, 0.1) is 0 Å². The van der Waals surface area contributed by atoms with Gasteiger partial charge in [0.2, 0.25) is 0 Å². The van der Waals surface area contributed by atoms with Crippen LogP contribution in [0.3, 0.4) is 0 Å². The first-order chi connectivity index (χ1) is 38.5. The summed E-state index contributed by atoms with van der Waals surface area (Å²) >= 11 is 0. The maximum absolute atomic E-state index is 12.9. The Hall–Kier alpha value is -3.67. The Balaban J connectivity index is 4.32. The molecule has 0 amide bonds. The second-order valence-corrected chi connectivity index (χ2v) is 22.0. The van der Waals surface area contributed by atoms with Crippen LogP contribution in [0.15, 0.2) is 97.2 Å². The van der Waals surface area contributed by atoms with Crippen molar-refractivity contribution in [1.82, 2.24) is 0 Å². The van der Waals surface area contributed by atoms with Crippen LogP contribution < -0.4 is 0 Å². The fourth-order valence-corrected chi connectivity index (χ4v) is 9.32. The first-order valence-electron chi connectivity index (χ1n) is 33.2. The molecular weight excluding hydrogens is 961 g/mol. The van der Waals surface area contributed by atoms with Crippen LogP contribution in [-0.2, 0) is 28.6 Å². The Morgan fingerprint density at radius 2 is 0.500 bits per heavy atom. The van der Waals surface area contributed by atoms with Crippen LogP contribution in [0.4, 0.5) is 0 Å². The highest BCUT2D eigenvalue weighted by Crippen LogP contribution is 2.16.